The van der Waals surface area contributed by atoms with E-state index in [9.17, 15) is 4.79 Å². The van der Waals surface area contributed by atoms with Gasteiger partial charge in [-0.1, -0.05) is 29.8 Å². The third-order valence-corrected chi connectivity index (χ3v) is 2.20. The van der Waals surface area contributed by atoms with Crippen molar-refractivity contribution in [2.45, 2.75) is 26.0 Å². The van der Waals surface area contributed by atoms with Crippen molar-refractivity contribution in [1.29, 1.82) is 0 Å². The Morgan fingerprint density at radius 2 is 2.20 bits per heavy atom. The van der Waals surface area contributed by atoms with Crippen molar-refractivity contribution in [3.8, 4) is 0 Å². The van der Waals surface area contributed by atoms with Crippen LogP contribution in [0.4, 0.5) is 0 Å². The largest absolute Gasteiger partial charge is 0.461 e. The van der Waals surface area contributed by atoms with E-state index in [0.29, 0.717) is 5.02 Å². The van der Waals surface area contributed by atoms with Crippen LogP contribution in [0.5, 0.6) is 0 Å². The van der Waals surface area contributed by atoms with Crippen LogP contribution in [0.15, 0.2) is 24.3 Å². The van der Waals surface area contributed by atoms with Gasteiger partial charge < -0.3 is 10.5 Å². The van der Waals surface area contributed by atoms with Crippen LogP contribution >= 0.6 is 11.6 Å². The molecule has 0 fully saturated rings. The second kappa shape index (κ2) is 5.73. The number of esters is 1. The second-order valence-electron chi connectivity index (χ2n) is 3.43. The number of benzene rings is 1. The van der Waals surface area contributed by atoms with Crippen LogP contribution in [0.1, 0.15) is 18.9 Å². The van der Waals surface area contributed by atoms with Crippen molar-refractivity contribution >= 4 is 17.6 Å². The molecule has 1 unspecified atom stereocenters. The predicted molar refractivity (Wildman–Crippen MR) is 59.5 cm³/mol. The normalized spacial score (nSPS) is 12.2. The molecular weight excluding hydrogens is 214 g/mol. The maximum atomic E-state index is 11.2. The van der Waals surface area contributed by atoms with E-state index in [1.165, 1.54) is 0 Å². The number of hydrogen-bond acceptors (Lipinski definition) is 3. The second-order valence-corrected chi connectivity index (χ2v) is 3.84. The van der Waals surface area contributed by atoms with E-state index in [1.807, 2.05) is 18.2 Å². The zero-order valence-electron chi connectivity index (χ0n) is 8.57. The molecule has 0 saturated heterocycles. The van der Waals surface area contributed by atoms with Crippen LogP contribution in [-0.2, 0) is 16.1 Å². The van der Waals surface area contributed by atoms with Crippen LogP contribution in [0.25, 0.3) is 0 Å². The molecule has 0 spiro atoms. The number of hydrogen-bond donors (Lipinski definition) is 1. The summed E-state index contributed by atoms with van der Waals surface area (Å²) in [6.07, 6.45) is 0.227. The number of rotatable bonds is 4. The molecule has 0 bridgehead atoms. The molecule has 0 aliphatic rings. The monoisotopic (exact) mass is 227 g/mol. The van der Waals surface area contributed by atoms with Crippen LogP contribution in [0, 0.1) is 0 Å². The molecule has 4 heteroatoms. The molecule has 1 aromatic carbocycles. The summed E-state index contributed by atoms with van der Waals surface area (Å²) < 4.78 is 5.02. The molecule has 1 atom stereocenters. The Kier molecular flexibility index (Phi) is 4.59. The summed E-state index contributed by atoms with van der Waals surface area (Å²) in [4.78, 5) is 11.2. The van der Waals surface area contributed by atoms with E-state index >= 15 is 0 Å². The summed E-state index contributed by atoms with van der Waals surface area (Å²) in [5.74, 6) is -0.301. The third-order valence-electron chi connectivity index (χ3n) is 1.84. The molecule has 1 rings (SSSR count). The summed E-state index contributed by atoms with van der Waals surface area (Å²) in [6, 6.07) is 7.08. The molecule has 3 nitrogen and oxygen atoms in total. The minimum absolute atomic E-state index is 0.177. The molecule has 0 heterocycles. The topological polar surface area (TPSA) is 52.3 Å². The van der Waals surface area contributed by atoms with E-state index in [-0.39, 0.29) is 25.0 Å². The Morgan fingerprint density at radius 1 is 1.53 bits per heavy atom. The van der Waals surface area contributed by atoms with E-state index in [4.69, 9.17) is 22.1 Å². The summed E-state index contributed by atoms with van der Waals surface area (Å²) in [6.45, 7) is 1.96. The van der Waals surface area contributed by atoms with Crippen molar-refractivity contribution < 1.29 is 9.53 Å². The maximum Gasteiger partial charge on any atom is 0.307 e. The molecular formula is C11H14ClNO2. The van der Waals surface area contributed by atoms with Crippen molar-refractivity contribution in [2.24, 2.45) is 5.73 Å². The smallest absolute Gasteiger partial charge is 0.307 e. The maximum absolute atomic E-state index is 11.2. The van der Waals surface area contributed by atoms with Crippen LogP contribution < -0.4 is 5.73 Å². The van der Waals surface area contributed by atoms with Crippen molar-refractivity contribution in [1.82, 2.24) is 0 Å². The van der Waals surface area contributed by atoms with Crippen molar-refractivity contribution in [2.75, 3.05) is 0 Å². The van der Waals surface area contributed by atoms with Gasteiger partial charge in [0.2, 0.25) is 0 Å². The van der Waals surface area contributed by atoms with E-state index in [2.05, 4.69) is 0 Å². The molecule has 0 aromatic heterocycles. The summed E-state index contributed by atoms with van der Waals surface area (Å²) in [5.41, 5.74) is 6.27. The SMILES string of the molecule is CC(N)CC(=O)OCc1ccccc1Cl. The zero-order chi connectivity index (χ0) is 11.3. The van der Waals surface area contributed by atoms with Gasteiger partial charge in [-0.15, -0.1) is 0 Å². The Balaban J connectivity index is 2.44. The molecule has 0 aliphatic carbocycles. The van der Waals surface area contributed by atoms with Crippen LogP contribution in [0.3, 0.4) is 0 Å². The number of carbonyl (C=O) groups excluding carboxylic acids is 1. The average molecular weight is 228 g/mol. The highest BCUT2D eigenvalue weighted by Gasteiger charge is 2.07. The van der Waals surface area contributed by atoms with Gasteiger partial charge in [-0.3, -0.25) is 4.79 Å². The quantitative estimate of drug-likeness (QED) is 0.802. The highest BCUT2D eigenvalue weighted by Crippen LogP contribution is 2.15. The highest BCUT2D eigenvalue weighted by molar-refractivity contribution is 6.31. The third kappa shape index (κ3) is 4.32. The summed E-state index contributed by atoms with van der Waals surface area (Å²) >= 11 is 5.90. The molecule has 0 saturated carbocycles. The van der Waals surface area contributed by atoms with Gasteiger partial charge >= 0.3 is 5.97 Å². The minimum Gasteiger partial charge on any atom is -0.461 e. The van der Waals surface area contributed by atoms with Gasteiger partial charge in [-0.2, -0.15) is 0 Å². The van der Waals surface area contributed by atoms with Crippen molar-refractivity contribution in [3.63, 3.8) is 0 Å². The number of carbonyl (C=O) groups is 1. The molecule has 2 N–H and O–H groups in total. The first-order valence-corrected chi connectivity index (χ1v) is 5.12. The molecule has 82 valence electrons. The molecule has 0 amide bonds. The average Bonchev–Trinajstić information content (AvgIpc) is 2.15. The molecule has 0 radical (unpaired) electrons. The van der Waals surface area contributed by atoms with E-state index in [0.717, 1.165) is 5.56 Å². The first-order valence-electron chi connectivity index (χ1n) is 4.74. The van der Waals surface area contributed by atoms with Gasteiger partial charge in [0.15, 0.2) is 0 Å². The Morgan fingerprint density at radius 3 is 2.80 bits per heavy atom. The van der Waals surface area contributed by atoms with Gasteiger partial charge in [-0.25, -0.2) is 0 Å². The zero-order valence-corrected chi connectivity index (χ0v) is 9.33. The van der Waals surface area contributed by atoms with Gasteiger partial charge in [0.1, 0.15) is 6.61 Å². The van der Waals surface area contributed by atoms with Crippen LogP contribution in [-0.4, -0.2) is 12.0 Å². The Bertz CT molecular complexity index is 339. The number of nitrogens with two attached hydrogens (primary N) is 1. The lowest BCUT2D eigenvalue weighted by molar-refractivity contribution is -0.145. The Hall–Kier alpha value is -1.06. The lowest BCUT2D eigenvalue weighted by Crippen LogP contribution is -2.21. The number of halogens is 1. The molecule has 1 aromatic rings. The summed E-state index contributed by atoms with van der Waals surface area (Å²) in [7, 11) is 0. The minimum atomic E-state index is -0.301. The van der Waals surface area contributed by atoms with Gasteiger partial charge in [0.25, 0.3) is 0 Å². The fourth-order valence-electron chi connectivity index (χ4n) is 1.10. The number of ether oxygens (including phenoxy) is 1. The molecule has 0 aliphatic heterocycles. The van der Waals surface area contributed by atoms with Crippen LogP contribution in [0.2, 0.25) is 5.02 Å². The van der Waals surface area contributed by atoms with Gasteiger partial charge in [0.05, 0.1) is 6.42 Å². The molecule has 15 heavy (non-hydrogen) atoms. The van der Waals surface area contributed by atoms with E-state index in [1.54, 1.807) is 13.0 Å². The fraction of sp³-hybridized carbons (Fsp3) is 0.364. The standard InChI is InChI=1S/C11H14ClNO2/c1-8(13)6-11(14)15-7-9-4-2-3-5-10(9)12/h2-5,8H,6-7,13H2,1H3. The lowest BCUT2D eigenvalue weighted by atomic mass is 10.2. The van der Waals surface area contributed by atoms with Gasteiger partial charge in [-0.05, 0) is 13.0 Å². The first kappa shape index (κ1) is 12.0. The van der Waals surface area contributed by atoms with Crippen molar-refractivity contribution in [3.05, 3.63) is 34.9 Å². The summed E-state index contributed by atoms with van der Waals surface area (Å²) in [5, 5.41) is 0.603. The Labute approximate surface area is 94.2 Å². The highest BCUT2D eigenvalue weighted by atomic mass is 35.5. The lowest BCUT2D eigenvalue weighted by Gasteiger charge is -2.07. The van der Waals surface area contributed by atoms with E-state index < -0.39 is 0 Å². The predicted octanol–water partition coefficient (Wildman–Crippen LogP) is 2.12. The van der Waals surface area contributed by atoms with Gasteiger partial charge in [0, 0.05) is 16.6 Å². The first-order chi connectivity index (χ1) is 7.09. The fourth-order valence-corrected chi connectivity index (χ4v) is 1.29.